The third kappa shape index (κ3) is 4.26. The van der Waals surface area contributed by atoms with Gasteiger partial charge in [0, 0.05) is 36.1 Å². The van der Waals surface area contributed by atoms with Crippen LogP contribution in [-0.4, -0.2) is 46.0 Å². The Hall–Kier alpha value is -2.67. The summed E-state index contributed by atoms with van der Waals surface area (Å²) in [6, 6.07) is 13.5. The first-order chi connectivity index (χ1) is 14.6. The molecule has 1 saturated heterocycles. The molecule has 0 spiro atoms. The molecule has 0 saturated carbocycles. The molecular weight excluding hydrogens is 446 g/mol. The Morgan fingerprint density at radius 2 is 1.97 bits per heavy atom. The molecule has 1 aromatic heterocycles. The fraction of sp³-hybridized carbons (Fsp3) is 0.348. The average Bonchev–Trinajstić information content (AvgIpc) is 3.32. The highest BCUT2D eigenvalue weighted by atomic mass is 79.9. The molecule has 1 aliphatic heterocycles. The van der Waals surface area contributed by atoms with Crippen LogP contribution in [-0.2, 0) is 16.1 Å². The van der Waals surface area contributed by atoms with Crippen LogP contribution in [0.3, 0.4) is 0 Å². The van der Waals surface area contributed by atoms with Crippen LogP contribution in [0, 0.1) is 0 Å². The van der Waals surface area contributed by atoms with Crippen LogP contribution in [0.1, 0.15) is 36.5 Å². The zero-order chi connectivity index (χ0) is 21.1. The number of hydrogen-bond acceptors (Lipinski definition) is 4. The summed E-state index contributed by atoms with van der Waals surface area (Å²) in [6.07, 6.45) is 2.46. The molecule has 1 fully saturated rings. The Morgan fingerprint density at radius 1 is 1.17 bits per heavy atom. The number of hydrogen-bond donors (Lipinski definition) is 0. The van der Waals surface area contributed by atoms with Crippen LogP contribution in [0.25, 0.3) is 22.4 Å². The van der Waals surface area contributed by atoms with E-state index < -0.39 is 0 Å². The van der Waals surface area contributed by atoms with Crippen LogP contribution in [0.2, 0.25) is 0 Å². The Kier molecular flexibility index (Phi) is 6.18. The Labute approximate surface area is 184 Å². The van der Waals surface area contributed by atoms with Gasteiger partial charge >= 0.3 is 5.97 Å². The average molecular weight is 470 g/mol. The number of aryl methyl sites for hydroxylation is 1. The number of esters is 1. The van der Waals surface area contributed by atoms with Gasteiger partial charge in [-0.25, -0.2) is 9.78 Å². The van der Waals surface area contributed by atoms with Gasteiger partial charge in [0.15, 0.2) is 0 Å². The summed E-state index contributed by atoms with van der Waals surface area (Å²) in [5.74, 6) is 0.760. The Morgan fingerprint density at radius 3 is 2.67 bits per heavy atom. The number of carbonyl (C=O) groups excluding carboxylic acids is 2. The van der Waals surface area contributed by atoms with Crippen LogP contribution in [0.4, 0.5) is 0 Å². The molecule has 2 aromatic carbocycles. The maximum atomic E-state index is 12.1. The smallest absolute Gasteiger partial charge is 0.338 e. The molecule has 2 heterocycles. The minimum Gasteiger partial charge on any atom is -0.462 e. The van der Waals surface area contributed by atoms with E-state index in [4.69, 9.17) is 9.72 Å². The van der Waals surface area contributed by atoms with Gasteiger partial charge in [0.25, 0.3) is 0 Å². The molecule has 0 atom stereocenters. The summed E-state index contributed by atoms with van der Waals surface area (Å²) in [5, 5.41) is 0. The van der Waals surface area contributed by atoms with Crippen molar-refractivity contribution in [3.8, 4) is 11.4 Å². The zero-order valence-corrected chi connectivity index (χ0v) is 18.5. The maximum absolute atomic E-state index is 12.1. The maximum Gasteiger partial charge on any atom is 0.338 e. The van der Waals surface area contributed by atoms with E-state index in [1.54, 1.807) is 19.1 Å². The molecule has 4 rings (SSSR count). The molecular formula is C23H24BrN3O3. The van der Waals surface area contributed by atoms with Gasteiger partial charge in [-0.3, -0.25) is 4.79 Å². The number of likely N-dealkylation sites (tertiary alicyclic amines) is 1. The molecule has 0 aliphatic carbocycles. The number of carbonyl (C=O) groups is 2. The van der Waals surface area contributed by atoms with E-state index in [1.807, 2.05) is 35.2 Å². The SMILES string of the molecule is CCOC(=O)c1ccc2c(c1)nc(-c1ccc(Br)cc1)n2CCCN1CCCC1=O. The molecule has 7 heteroatoms. The van der Waals surface area contributed by atoms with Gasteiger partial charge in [-0.1, -0.05) is 28.1 Å². The van der Waals surface area contributed by atoms with Gasteiger partial charge in [0.05, 0.1) is 23.2 Å². The van der Waals surface area contributed by atoms with Crippen molar-refractivity contribution in [2.24, 2.45) is 0 Å². The summed E-state index contributed by atoms with van der Waals surface area (Å²) in [4.78, 5) is 30.8. The van der Waals surface area contributed by atoms with Crippen LogP contribution in [0.15, 0.2) is 46.9 Å². The number of rotatable bonds is 7. The third-order valence-electron chi connectivity index (χ3n) is 5.34. The van der Waals surface area contributed by atoms with E-state index in [9.17, 15) is 9.59 Å². The minimum atomic E-state index is -0.341. The number of halogens is 1. The van der Waals surface area contributed by atoms with Crippen molar-refractivity contribution < 1.29 is 14.3 Å². The van der Waals surface area contributed by atoms with Crippen molar-refractivity contribution in [3.05, 3.63) is 52.5 Å². The van der Waals surface area contributed by atoms with E-state index >= 15 is 0 Å². The highest BCUT2D eigenvalue weighted by molar-refractivity contribution is 9.10. The topological polar surface area (TPSA) is 64.4 Å². The quantitative estimate of drug-likeness (QED) is 0.472. The zero-order valence-electron chi connectivity index (χ0n) is 16.9. The van der Waals surface area contributed by atoms with Crippen LogP contribution >= 0.6 is 15.9 Å². The van der Waals surface area contributed by atoms with E-state index in [1.165, 1.54) is 0 Å². The number of aromatic nitrogens is 2. The van der Waals surface area contributed by atoms with Crippen LogP contribution < -0.4 is 0 Å². The van der Waals surface area contributed by atoms with Gasteiger partial charge in [-0.05, 0) is 50.1 Å². The lowest BCUT2D eigenvalue weighted by atomic mass is 10.2. The summed E-state index contributed by atoms with van der Waals surface area (Å²) in [7, 11) is 0. The predicted molar refractivity (Wildman–Crippen MR) is 119 cm³/mol. The minimum absolute atomic E-state index is 0.248. The van der Waals surface area contributed by atoms with Gasteiger partial charge in [0.2, 0.25) is 5.91 Å². The van der Waals surface area contributed by atoms with Gasteiger partial charge in [-0.15, -0.1) is 0 Å². The van der Waals surface area contributed by atoms with Gasteiger partial charge < -0.3 is 14.2 Å². The number of fused-ring (bicyclic) bond motifs is 1. The Balaban J connectivity index is 1.67. The molecule has 0 N–H and O–H groups in total. The monoisotopic (exact) mass is 469 g/mol. The van der Waals surface area contributed by atoms with E-state index in [-0.39, 0.29) is 11.9 Å². The van der Waals surface area contributed by atoms with Crippen LogP contribution in [0.5, 0.6) is 0 Å². The highest BCUT2D eigenvalue weighted by Gasteiger charge is 2.20. The molecule has 0 bridgehead atoms. The molecule has 0 unspecified atom stereocenters. The lowest BCUT2D eigenvalue weighted by Crippen LogP contribution is -2.26. The first kappa shape index (κ1) is 20.6. The molecule has 0 radical (unpaired) electrons. The first-order valence-corrected chi connectivity index (χ1v) is 11.1. The summed E-state index contributed by atoms with van der Waals surface area (Å²) in [6.45, 7) is 4.47. The summed E-state index contributed by atoms with van der Waals surface area (Å²) in [5.41, 5.74) is 3.23. The van der Waals surface area contributed by atoms with Crippen molar-refractivity contribution in [1.29, 1.82) is 0 Å². The van der Waals surface area contributed by atoms with Crippen molar-refractivity contribution in [2.45, 2.75) is 32.7 Å². The number of ether oxygens (including phenoxy) is 1. The molecule has 3 aromatic rings. The summed E-state index contributed by atoms with van der Waals surface area (Å²) >= 11 is 3.48. The second-order valence-corrected chi connectivity index (χ2v) is 8.27. The predicted octanol–water partition coefficient (Wildman–Crippen LogP) is 4.66. The van der Waals surface area contributed by atoms with E-state index in [2.05, 4.69) is 20.5 Å². The number of nitrogens with zero attached hydrogens (tertiary/aromatic N) is 3. The Bertz CT molecular complexity index is 1080. The molecule has 1 amide bonds. The second kappa shape index (κ2) is 9.00. The molecule has 1 aliphatic rings. The fourth-order valence-corrected chi connectivity index (χ4v) is 4.14. The van der Waals surface area contributed by atoms with Crippen molar-refractivity contribution in [3.63, 3.8) is 0 Å². The standard InChI is InChI=1S/C23H24BrN3O3/c1-2-30-23(29)17-8-11-20-19(15-17)25-22(16-6-9-18(24)10-7-16)27(20)14-4-13-26-12-3-5-21(26)28/h6-11,15H,2-5,12-14H2,1H3. The highest BCUT2D eigenvalue weighted by Crippen LogP contribution is 2.27. The van der Waals surface area contributed by atoms with Crippen molar-refractivity contribution in [1.82, 2.24) is 14.5 Å². The first-order valence-electron chi connectivity index (χ1n) is 10.3. The van der Waals surface area contributed by atoms with E-state index in [0.717, 1.165) is 59.4 Å². The second-order valence-electron chi connectivity index (χ2n) is 7.36. The van der Waals surface area contributed by atoms with Gasteiger partial charge in [-0.2, -0.15) is 0 Å². The normalized spacial score (nSPS) is 13.9. The number of benzene rings is 2. The van der Waals surface area contributed by atoms with E-state index in [0.29, 0.717) is 18.6 Å². The van der Waals surface area contributed by atoms with Crippen molar-refractivity contribution in [2.75, 3.05) is 19.7 Å². The van der Waals surface area contributed by atoms with Crippen molar-refractivity contribution >= 4 is 38.8 Å². The number of imidazole rings is 1. The molecule has 30 heavy (non-hydrogen) atoms. The lowest BCUT2D eigenvalue weighted by molar-refractivity contribution is -0.127. The lowest BCUT2D eigenvalue weighted by Gasteiger charge is -2.16. The fourth-order valence-electron chi connectivity index (χ4n) is 3.88. The molecule has 6 nitrogen and oxygen atoms in total. The molecule has 156 valence electrons. The number of amides is 1. The summed E-state index contributed by atoms with van der Waals surface area (Å²) < 4.78 is 8.31. The largest absolute Gasteiger partial charge is 0.462 e. The van der Waals surface area contributed by atoms with Gasteiger partial charge in [0.1, 0.15) is 5.82 Å². The third-order valence-corrected chi connectivity index (χ3v) is 5.87.